The van der Waals surface area contributed by atoms with E-state index < -0.39 is 40.3 Å². The van der Waals surface area contributed by atoms with Gasteiger partial charge in [-0.15, -0.1) is 11.3 Å². The molecule has 1 N–H and O–H groups in total. The van der Waals surface area contributed by atoms with Gasteiger partial charge in [-0.25, -0.2) is 0 Å². The summed E-state index contributed by atoms with van der Waals surface area (Å²) in [5.74, 6) is -3.24. The fourth-order valence-corrected chi connectivity index (χ4v) is 4.98. The van der Waals surface area contributed by atoms with Crippen molar-refractivity contribution in [2.45, 2.75) is 45.3 Å². The number of carbonyl (C=O) groups is 3. The molecule has 2 aromatic rings. The molecule has 0 bridgehead atoms. The van der Waals surface area contributed by atoms with E-state index in [1.807, 2.05) is 12.2 Å². The number of nitrogens with zero attached hydrogens (tertiary/aromatic N) is 1. The van der Waals surface area contributed by atoms with Crippen molar-refractivity contribution in [1.29, 1.82) is 0 Å². The minimum atomic E-state index is -5.23. The number of amides is 2. The van der Waals surface area contributed by atoms with Crippen molar-refractivity contribution in [2.24, 2.45) is 5.41 Å². The predicted octanol–water partition coefficient (Wildman–Crippen LogP) is 4.78. The molecule has 9 heteroatoms. The van der Waals surface area contributed by atoms with Gasteiger partial charge in [0, 0.05) is 17.8 Å². The number of Topliss-reactive ketones (excluding diaryl/α,β-unsaturated/α-hetero) is 1. The fourth-order valence-electron chi connectivity index (χ4n) is 4.36. The van der Waals surface area contributed by atoms with Crippen molar-refractivity contribution in [3.05, 3.63) is 63.5 Å². The van der Waals surface area contributed by atoms with Crippen LogP contribution in [0.1, 0.15) is 41.9 Å². The molecule has 0 spiro atoms. The highest BCUT2D eigenvalue weighted by atomic mass is 32.1. The zero-order valence-corrected chi connectivity index (χ0v) is 18.5. The van der Waals surface area contributed by atoms with E-state index in [4.69, 9.17) is 0 Å². The Kier molecular flexibility index (Phi) is 5.08. The van der Waals surface area contributed by atoms with Crippen molar-refractivity contribution in [3.8, 4) is 0 Å². The summed E-state index contributed by atoms with van der Waals surface area (Å²) in [7, 11) is 0. The number of ketones is 1. The first-order valence-electron chi connectivity index (χ1n) is 9.98. The number of nitrogens with one attached hydrogen (secondary N) is 1. The molecule has 5 nitrogen and oxygen atoms in total. The first-order chi connectivity index (χ1) is 14.9. The first kappa shape index (κ1) is 22.3. The lowest BCUT2D eigenvalue weighted by Crippen LogP contribution is -2.66. The van der Waals surface area contributed by atoms with Gasteiger partial charge in [0.2, 0.25) is 5.54 Å². The molecule has 168 valence electrons. The Balaban J connectivity index is 1.95. The number of anilines is 1. The number of allylic oxidation sites excluding steroid dienone is 1. The summed E-state index contributed by atoms with van der Waals surface area (Å²) < 4.78 is 44.1. The first-order valence-corrected chi connectivity index (χ1v) is 10.9. The maximum Gasteiger partial charge on any atom is 0.425 e. The zero-order chi connectivity index (χ0) is 23.5. The minimum Gasteiger partial charge on any atom is -0.326 e. The van der Waals surface area contributed by atoms with Crippen LogP contribution in [0.25, 0.3) is 0 Å². The lowest BCUT2D eigenvalue weighted by atomic mass is 9.72. The third-order valence-electron chi connectivity index (χ3n) is 5.78. The average molecular weight is 462 g/mol. The predicted molar refractivity (Wildman–Crippen MR) is 114 cm³/mol. The van der Waals surface area contributed by atoms with E-state index in [0.717, 1.165) is 21.8 Å². The maximum absolute atomic E-state index is 14.7. The van der Waals surface area contributed by atoms with Gasteiger partial charge in [0.05, 0.1) is 10.5 Å². The highest BCUT2D eigenvalue weighted by Gasteiger charge is 2.72. The molecular formula is C23H21F3N2O3S. The van der Waals surface area contributed by atoms with Crippen LogP contribution in [0.2, 0.25) is 0 Å². The molecule has 0 saturated heterocycles. The van der Waals surface area contributed by atoms with Crippen LogP contribution in [0, 0.1) is 12.3 Å². The van der Waals surface area contributed by atoms with Gasteiger partial charge in [0.15, 0.2) is 5.78 Å². The Hall–Kier alpha value is -2.94. The summed E-state index contributed by atoms with van der Waals surface area (Å²) in [6.07, 6.45) is -5.30. The molecule has 1 aliphatic heterocycles. The second-order valence-corrected chi connectivity index (χ2v) is 9.87. The summed E-state index contributed by atoms with van der Waals surface area (Å²) in [6.45, 7) is 5.35. The molecule has 32 heavy (non-hydrogen) atoms. The summed E-state index contributed by atoms with van der Waals surface area (Å²) in [5.41, 5.74) is -3.69. The van der Waals surface area contributed by atoms with E-state index in [-0.39, 0.29) is 29.1 Å². The number of halogens is 3. The number of alkyl halides is 3. The van der Waals surface area contributed by atoms with Gasteiger partial charge in [-0.1, -0.05) is 37.6 Å². The number of rotatable bonds is 3. The second-order valence-electron chi connectivity index (χ2n) is 8.92. The van der Waals surface area contributed by atoms with Crippen molar-refractivity contribution >= 4 is 34.6 Å². The van der Waals surface area contributed by atoms with E-state index in [0.29, 0.717) is 0 Å². The number of benzene rings is 1. The summed E-state index contributed by atoms with van der Waals surface area (Å²) in [6, 6.07) is 9.32. The Morgan fingerprint density at radius 2 is 1.75 bits per heavy atom. The van der Waals surface area contributed by atoms with Gasteiger partial charge in [-0.05, 0) is 42.3 Å². The smallest absolute Gasteiger partial charge is 0.326 e. The third-order valence-corrected chi connectivity index (χ3v) is 6.65. The lowest BCUT2D eigenvalue weighted by molar-refractivity contribution is -0.186. The van der Waals surface area contributed by atoms with E-state index >= 15 is 0 Å². The number of hydrogen-bond acceptors (Lipinski definition) is 4. The van der Waals surface area contributed by atoms with Crippen LogP contribution in [0.5, 0.6) is 0 Å². The number of aryl methyl sites for hydroxylation is 1. The van der Waals surface area contributed by atoms with Gasteiger partial charge < -0.3 is 5.32 Å². The van der Waals surface area contributed by atoms with Crippen LogP contribution in [0.4, 0.5) is 18.9 Å². The highest BCUT2D eigenvalue weighted by Crippen LogP contribution is 2.52. The molecule has 0 radical (unpaired) electrons. The molecule has 1 aromatic carbocycles. The van der Waals surface area contributed by atoms with Crippen LogP contribution in [-0.2, 0) is 9.59 Å². The molecule has 2 heterocycles. The minimum absolute atomic E-state index is 0.0103. The monoisotopic (exact) mass is 462 g/mol. The Morgan fingerprint density at radius 3 is 2.31 bits per heavy atom. The molecule has 0 fully saturated rings. The van der Waals surface area contributed by atoms with Crippen molar-refractivity contribution in [1.82, 2.24) is 5.32 Å². The van der Waals surface area contributed by atoms with Crippen LogP contribution in [-0.4, -0.2) is 29.3 Å². The van der Waals surface area contributed by atoms with Crippen LogP contribution >= 0.6 is 11.3 Å². The van der Waals surface area contributed by atoms with Gasteiger partial charge in [-0.2, -0.15) is 13.2 Å². The summed E-state index contributed by atoms with van der Waals surface area (Å²) >= 11 is 0.948. The van der Waals surface area contributed by atoms with E-state index in [1.165, 1.54) is 24.3 Å². The van der Waals surface area contributed by atoms with Gasteiger partial charge in [-0.3, -0.25) is 19.3 Å². The topological polar surface area (TPSA) is 66.5 Å². The third kappa shape index (κ3) is 3.35. The van der Waals surface area contributed by atoms with Gasteiger partial charge in [0.1, 0.15) is 0 Å². The normalized spacial score (nSPS) is 22.9. The zero-order valence-electron chi connectivity index (χ0n) is 17.7. The van der Waals surface area contributed by atoms with Crippen molar-refractivity contribution < 1.29 is 27.6 Å². The molecular weight excluding hydrogens is 441 g/mol. The Bertz CT molecular complexity index is 1130. The molecule has 0 saturated carbocycles. The Morgan fingerprint density at radius 1 is 1.09 bits per heavy atom. The number of thiophene rings is 1. The van der Waals surface area contributed by atoms with Crippen molar-refractivity contribution in [2.75, 3.05) is 4.90 Å². The highest BCUT2D eigenvalue weighted by molar-refractivity contribution is 7.12. The second kappa shape index (κ2) is 7.30. The van der Waals surface area contributed by atoms with Gasteiger partial charge in [0.25, 0.3) is 11.8 Å². The molecule has 4 rings (SSSR count). The molecule has 1 atom stereocenters. The number of hydrogen-bond donors (Lipinski definition) is 1. The largest absolute Gasteiger partial charge is 0.425 e. The maximum atomic E-state index is 14.7. The van der Waals surface area contributed by atoms with Crippen LogP contribution in [0.3, 0.4) is 0 Å². The van der Waals surface area contributed by atoms with Crippen LogP contribution < -0.4 is 10.2 Å². The molecule has 1 aliphatic carbocycles. The van der Waals surface area contributed by atoms with Crippen molar-refractivity contribution in [3.63, 3.8) is 0 Å². The summed E-state index contributed by atoms with van der Waals surface area (Å²) in [4.78, 5) is 40.4. The number of carbonyl (C=O) groups excluding carboxylic acids is 3. The standard InChI is InChI=1S/C23H21F3N2O3S/c1-13-6-8-14(9-7-13)28-15-11-21(2,3)12-16(29)18(15)22(20(28)31,23(24,25)26)27-19(30)17-5-4-10-32-17/h4-10H,11-12H2,1-3H3,(H,27,30)/t22-/m0/s1. The van der Waals surface area contributed by atoms with E-state index in [1.54, 1.807) is 31.4 Å². The Labute approximate surface area is 186 Å². The fraction of sp³-hybridized carbons (Fsp3) is 0.348. The molecule has 1 aromatic heterocycles. The SMILES string of the molecule is Cc1ccc(N2C(=O)[C@](NC(=O)c3cccs3)(C(F)(F)F)C3=C2CC(C)(C)CC3=O)cc1. The molecule has 2 aliphatic rings. The average Bonchev–Trinajstić information content (AvgIpc) is 3.28. The van der Waals surface area contributed by atoms with E-state index in [9.17, 15) is 27.6 Å². The molecule has 2 amide bonds. The lowest BCUT2D eigenvalue weighted by Gasteiger charge is -2.35. The van der Waals surface area contributed by atoms with Gasteiger partial charge >= 0.3 is 6.18 Å². The summed E-state index contributed by atoms with van der Waals surface area (Å²) in [5, 5.41) is 3.47. The van der Waals surface area contributed by atoms with E-state index in [2.05, 4.69) is 0 Å². The van der Waals surface area contributed by atoms with Crippen LogP contribution in [0.15, 0.2) is 53.0 Å². The quantitative estimate of drug-likeness (QED) is 0.714. The molecule has 0 unspecified atom stereocenters.